The molecule has 0 saturated heterocycles. The molecule has 0 amide bonds. The van der Waals surface area contributed by atoms with E-state index < -0.39 is 0 Å². The molecule has 0 unspecified atom stereocenters. The van der Waals surface area contributed by atoms with Crippen LogP contribution < -0.4 is 4.90 Å². The number of benzene rings is 22. The second-order valence-electron chi connectivity index (χ2n) is 35.3. The molecule has 0 aliphatic rings. The number of aromatic nitrogens is 6. The van der Waals surface area contributed by atoms with Crippen LogP contribution in [-0.2, 0) is 0 Å². The molecule has 0 radical (unpaired) electrons. The fraction of sp³-hybridized carbons (Fsp3) is 0. The molecule has 0 N–H and O–H groups in total. The van der Waals surface area contributed by atoms with Crippen molar-refractivity contribution in [3.63, 3.8) is 0 Å². The Balaban J connectivity index is 0.000000137. The number of para-hydroxylation sites is 8. The summed E-state index contributed by atoms with van der Waals surface area (Å²) in [7, 11) is 0. The molecule has 6 aromatic heterocycles. The maximum absolute atomic E-state index is 2.50. The average Bonchev–Trinajstić information content (AvgIpc) is 1.57. The molecule has 0 aliphatic carbocycles. The average molecular weight is 1720 g/mol. The summed E-state index contributed by atoms with van der Waals surface area (Å²) in [6, 6.07) is 184. The Morgan fingerprint density at radius 3 is 0.807 bits per heavy atom. The van der Waals surface area contributed by atoms with E-state index in [1.54, 1.807) is 0 Å². The standard InChI is InChI=1S/C66H44N4.C62H39N3/c1-5-19-45(20-6-1)46-35-41-61-57(43-46)58-44-52(40-42-62(58)68(61)49-25-11-4-12-26-49)70-60-32-16-14-28-56(60)66-54(30-18-34-64(66)70)53-29-17-33-63-65(53)55-27-13-15-31-59(55)69(63)51-38-36-50(37-39-51)67(47-21-7-2-8-22-47)48-23-9-3-10-24-48;1-3-17-40(18-4-1)41-33-35-56-52(37-41)53-39-44(34-36-57(53)63(56)43-20-5-2-6-21-43)64-54-29-13-11-25-50(54)61-48(27-15-31-58(61)64)49-28-16-32-59-62(49)51-26-12-14-30-55(51)65(59)60-38-42-19-7-8-22-45(42)46-23-9-10-24-47(46)60/h1-44H;1-39H. The highest BCUT2D eigenvalue weighted by Crippen LogP contribution is 2.50. The molecule has 0 saturated carbocycles. The summed E-state index contributed by atoms with van der Waals surface area (Å²) < 4.78 is 14.7. The highest BCUT2D eigenvalue weighted by molar-refractivity contribution is 6.26. The van der Waals surface area contributed by atoms with Gasteiger partial charge in [-0.2, -0.15) is 0 Å². The van der Waals surface area contributed by atoms with E-state index in [0.29, 0.717) is 0 Å². The molecule has 0 fully saturated rings. The molecule has 0 aliphatic heterocycles. The predicted octanol–water partition coefficient (Wildman–Crippen LogP) is 34.4. The Morgan fingerprint density at radius 2 is 0.400 bits per heavy atom. The summed E-state index contributed by atoms with van der Waals surface area (Å²) in [5, 5.41) is 19.8. The molecule has 28 aromatic rings. The predicted molar refractivity (Wildman–Crippen MR) is 570 cm³/mol. The highest BCUT2D eigenvalue weighted by atomic mass is 15.1. The zero-order chi connectivity index (χ0) is 88.7. The first-order valence-electron chi connectivity index (χ1n) is 46.5. The Bertz CT molecular complexity index is 9550. The van der Waals surface area contributed by atoms with Crippen LogP contribution in [0.25, 0.3) is 231 Å². The van der Waals surface area contributed by atoms with Gasteiger partial charge in [0.1, 0.15) is 0 Å². The van der Waals surface area contributed by atoms with Crippen molar-refractivity contribution in [2.75, 3.05) is 4.90 Å². The number of nitrogens with zero attached hydrogens (tertiary/aromatic N) is 7. The Morgan fingerprint density at radius 1 is 0.133 bits per heavy atom. The molecule has 135 heavy (non-hydrogen) atoms. The molecule has 0 bridgehead atoms. The fourth-order valence-electron chi connectivity index (χ4n) is 22.3. The maximum Gasteiger partial charge on any atom is 0.0547 e. The summed E-state index contributed by atoms with van der Waals surface area (Å²) >= 11 is 0. The molecule has 7 nitrogen and oxygen atoms in total. The van der Waals surface area contributed by atoms with Crippen LogP contribution in [0.5, 0.6) is 0 Å². The highest BCUT2D eigenvalue weighted by Gasteiger charge is 2.28. The number of hydrogen-bond acceptors (Lipinski definition) is 1. The smallest absolute Gasteiger partial charge is 0.0547 e. The largest absolute Gasteiger partial charge is 0.311 e. The van der Waals surface area contributed by atoms with Crippen LogP contribution >= 0.6 is 0 Å². The third kappa shape index (κ3) is 12.3. The summed E-state index contributed by atoms with van der Waals surface area (Å²) in [6.07, 6.45) is 0. The van der Waals surface area contributed by atoms with Crippen molar-refractivity contribution in [3.8, 4) is 78.6 Å². The summed E-state index contributed by atoms with van der Waals surface area (Å²) in [4.78, 5) is 2.31. The van der Waals surface area contributed by atoms with E-state index in [4.69, 9.17) is 0 Å². The Hall–Kier alpha value is -18.0. The zero-order valence-electron chi connectivity index (χ0n) is 73.6. The topological polar surface area (TPSA) is 32.8 Å². The Kier molecular flexibility index (Phi) is 17.9. The second kappa shape index (κ2) is 31.4. The normalized spacial score (nSPS) is 11.9. The maximum atomic E-state index is 2.50. The number of fused-ring (bicyclic) bond motifs is 21. The van der Waals surface area contributed by atoms with Crippen molar-refractivity contribution in [1.29, 1.82) is 0 Å². The minimum atomic E-state index is 1.10. The van der Waals surface area contributed by atoms with Crippen LogP contribution in [0.3, 0.4) is 0 Å². The fourth-order valence-corrected chi connectivity index (χ4v) is 22.3. The number of rotatable bonds is 13. The van der Waals surface area contributed by atoms with Gasteiger partial charge in [-0.3, -0.25) is 0 Å². The van der Waals surface area contributed by atoms with Gasteiger partial charge in [-0.15, -0.1) is 0 Å². The molecular formula is C128H83N7. The lowest BCUT2D eigenvalue weighted by Crippen LogP contribution is -2.09. The van der Waals surface area contributed by atoms with Crippen molar-refractivity contribution >= 4 is 169 Å². The van der Waals surface area contributed by atoms with Gasteiger partial charge < -0.3 is 32.3 Å². The van der Waals surface area contributed by atoms with E-state index in [1.807, 2.05) is 0 Å². The van der Waals surface area contributed by atoms with E-state index in [2.05, 4.69) is 536 Å². The van der Waals surface area contributed by atoms with Crippen molar-refractivity contribution in [1.82, 2.24) is 27.4 Å². The number of anilines is 3. The van der Waals surface area contributed by atoms with Crippen LogP contribution in [0.4, 0.5) is 17.1 Å². The van der Waals surface area contributed by atoms with Crippen molar-refractivity contribution < 1.29 is 0 Å². The molecule has 0 spiro atoms. The summed E-state index contributed by atoms with van der Waals surface area (Å²) in [5.41, 5.74) is 34.1. The van der Waals surface area contributed by atoms with Crippen LogP contribution in [0.2, 0.25) is 0 Å². The zero-order valence-corrected chi connectivity index (χ0v) is 73.6. The molecular weight excluding hydrogens is 1640 g/mol. The van der Waals surface area contributed by atoms with Gasteiger partial charge in [-0.25, -0.2) is 0 Å². The van der Waals surface area contributed by atoms with E-state index in [9.17, 15) is 0 Å². The van der Waals surface area contributed by atoms with Crippen molar-refractivity contribution in [2.24, 2.45) is 0 Å². The van der Waals surface area contributed by atoms with E-state index in [-0.39, 0.29) is 0 Å². The van der Waals surface area contributed by atoms with Gasteiger partial charge in [0.2, 0.25) is 0 Å². The van der Waals surface area contributed by atoms with Crippen LogP contribution in [0.1, 0.15) is 0 Å². The lowest BCUT2D eigenvalue weighted by Gasteiger charge is -2.25. The molecule has 630 valence electrons. The minimum Gasteiger partial charge on any atom is -0.311 e. The van der Waals surface area contributed by atoms with Crippen molar-refractivity contribution in [3.05, 3.63) is 504 Å². The first-order valence-corrected chi connectivity index (χ1v) is 46.5. The van der Waals surface area contributed by atoms with Crippen LogP contribution in [-0.4, -0.2) is 27.4 Å². The monoisotopic (exact) mass is 1720 g/mol. The van der Waals surface area contributed by atoms with Crippen LogP contribution in [0.15, 0.2) is 504 Å². The SMILES string of the molecule is c1ccc(-c2ccc3c(c2)c2cc(-n4c5ccccc5c5c(-c6cccc7c6c6ccccc6n7-c6cc7ccccc7c7ccccc67)cccc54)ccc2n3-c2ccccc2)cc1.c1ccc(-c2ccc3c(c2)c2cc(-n4c5ccccc5c5c(-c6cccc7c6c6ccccc6n7-c6ccc(N(c7ccccc7)c7ccccc7)cc6)cccc54)ccc2n3-c2ccccc2)cc1. The quantitative estimate of drug-likeness (QED) is 0.106. The van der Waals surface area contributed by atoms with Gasteiger partial charge in [-0.05, 0) is 249 Å². The van der Waals surface area contributed by atoms with Gasteiger partial charge in [0.05, 0.1) is 71.9 Å². The first-order chi connectivity index (χ1) is 67.0. The van der Waals surface area contributed by atoms with Gasteiger partial charge in [-0.1, -0.05) is 315 Å². The van der Waals surface area contributed by atoms with Crippen LogP contribution in [0, 0.1) is 0 Å². The van der Waals surface area contributed by atoms with E-state index in [0.717, 1.165) is 45.5 Å². The first kappa shape index (κ1) is 77.0. The third-order valence-electron chi connectivity index (χ3n) is 28.0. The summed E-state index contributed by atoms with van der Waals surface area (Å²) in [6.45, 7) is 0. The van der Waals surface area contributed by atoms with Gasteiger partial charge in [0.15, 0.2) is 0 Å². The number of hydrogen-bond donors (Lipinski definition) is 0. The molecule has 7 heteroatoms. The van der Waals surface area contributed by atoms with Gasteiger partial charge in [0.25, 0.3) is 0 Å². The second-order valence-corrected chi connectivity index (χ2v) is 35.3. The minimum absolute atomic E-state index is 1.10. The molecule has 22 aromatic carbocycles. The summed E-state index contributed by atoms with van der Waals surface area (Å²) in [5.74, 6) is 0. The third-order valence-corrected chi connectivity index (χ3v) is 28.0. The lowest BCUT2D eigenvalue weighted by molar-refractivity contribution is 1.17. The van der Waals surface area contributed by atoms with Crippen molar-refractivity contribution in [2.45, 2.75) is 0 Å². The lowest BCUT2D eigenvalue weighted by atomic mass is 9.95. The van der Waals surface area contributed by atoms with Gasteiger partial charge >= 0.3 is 0 Å². The van der Waals surface area contributed by atoms with E-state index in [1.165, 1.54) is 203 Å². The van der Waals surface area contributed by atoms with E-state index >= 15 is 0 Å². The Labute approximate surface area is 778 Å². The molecule has 0 atom stereocenters. The van der Waals surface area contributed by atoms with Gasteiger partial charge in [0, 0.05) is 116 Å². The molecule has 6 heterocycles. The molecule has 28 rings (SSSR count).